The van der Waals surface area contributed by atoms with Crippen molar-refractivity contribution >= 4 is 0 Å². The van der Waals surface area contributed by atoms with Gasteiger partial charge >= 0.3 is 0 Å². The van der Waals surface area contributed by atoms with Crippen LogP contribution in [0.3, 0.4) is 0 Å². The van der Waals surface area contributed by atoms with Crippen LogP contribution in [0.15, 0.2) is 0 Å². The Morgan fingerprint density at radius 1 is 1.11 bits per heavy atom. The Labute approximate surface area is 117 Å². The van der Waals surface area contributed by atoms with Crippen molar-refractivity contribution in [2.75, 3.05) is 19.7 Å². The smallest absolute Gasteiger partial charge is 0.0436 e. The number of piperidine rings is 1. The van der Waals surface area contributed by atoms with E-state index in [0.717, 1.165) is 31.0 Å². The Hall–Kier alpha value is -0.120. The Bertz CT molecular complexity index is 284. The molecule has 0 amide bonds. The van der Waals surface area contributed by atoms with Crippen LogP contribution in [-0.4, -0.2) is 36.9 Å². The molecular weight excluding hydrogens is 236 g/mol. The third-order valence-corrected chi connectivity index (χ3v) is 5.77. The summed E-state index contributed by atoms with van der Waals surface area (Å²) in [6.45, 7) is 2.73. The third kappa shape index (κ3) is 3.32. The molecule has 1 saturated heterocycles. The molecule has 3 heteroatoms. The van der Waals surface area contributed by atoms with Gasteiger partial charge in [-0.1, -0.05) is 12.8 Å². The van der Waals surface area contributed by atoms with E-state index < -0.39 is 0 Å². The van der Waals surface area contributed by atoms with E-state index in [9.17, 15) is 0 Å². The van der Waals surface area contributed by atoms with Crippen LogP contribution in [0.5, 0.6) is 0 Å². The third-order valence-electron chi connectivity index (χ3n) is 5.77. The molecule has 2 saturated carbocycles. The Kier molecular flexibility index (Phi) is 4.45. The molecule has 3 unspecified atom stereocenters. The quantitative estimate of drug-likeness (QED) is 0.689. The van der Waals surface area contributed by atoms with E-state index in [2.05, 4.69) is 10.6 Å². The summed E-state index contributed by atoms with van der Waals surface area (Å²) in [7, 11) is 0. The second-order valence-electron chi connectivity index (χ2n) is 7.11. The first-order chi connectivity index (χ1) is 9.33. The molecule has 3 N–H and O–H groups in total. The molecule has 0 bridgehead atoms. The lowest BCUT2D eigenvalue weighted by molar-refractivity contribution is 0.223. The topological polar surface area (TPSA) is 44.3 Å². The number of nitrogens with one attached hydrogen (secondary N) is 2. The van der Waals surface area contributed by atoms with E-state index in [1.165, 1.54) is 57.9 Å². The van der Waals surface area contributed by atoms with Gasteiger partial charge < -0.3 is 15.7 Å². The highest BCUT2D eigenvalue weighted by atomic mass is 16.3. The fourth-order valence-corrected chi connectivity index (χ4v) is 4.24. The molecule has 19 heavy (non-hydrogen) atoms. The van der Waals surface area contributed by atoms with E-state index in [-0.39, 0.29) is 0 Å². The average Bonchev–Trinajstić information content (AvgIpc) is 3.05. The number of hydrogen-bond acceptors (Lipinski definition) is 3. The molecule has 2 aliphatic carbocycles. The number of rotatable bonds is 6. The van der Waals surface area contributed by atoms with E-state index >= 15 is 0 Å². The van der Waals surface area contributed by atoms with Gasteiger partial charge in [0.05, 0.1) is 0 Å². The fraction of sp³-hybridized carbons (Fsp3) is 1.00. The summed E-state index contributed by atoms with van der Waals surface area (Å²) < 4.78 is 0. The highest BCUT2D eigenvalue weighted by molar-refractivity contribution is 4.98. The van der Waals surface area contributed by atoms with Gasteiger partial charge in [-0.05, 0) is 62.8 Å². The van der Waals surface area contributed by atoms with Crippen LogP contribution in [-0.2, 0) is 0 Å². The summed E-state index contributed by atoms with van der Waals surface area (Å²) in [6.07, 6.45) is 12.0. The molecule has 3 nitrogen and oxygen atoms in total. The van der Waals surface area contributed by atoms with Crippen LogP contribution >= 0.6 is 0 Å². The second kappa shape index (κ2) is 6.11. The van der Waals surface area contributed by atoms with Gasteiger partial charge in [0.25, 0.3) is 0 Å². The number of aliphatic hydroxyl groups excluding tert-OH is 1. The fourth-order valence-electron chi connectivity index (χ4n) is 4.24. The van der Waals surface area contributed by atoms with Gasteiger partial charge in [0, 0.05) is 25.2 Å². The van der Waals surface area contributed by atoms with Crippen LogP contribution in [0.25, 0.3) is 0 Å². The summed E-state index contributed by atoms with van der Waals surface area (Å²) in [5.41, 5.74) is 0.460. The monoisotopic (exact) mass is 266 g/mol. The molecule has 0 radical (unpaired) electrons. The summed E-state index contributed by atoms with van der Waals surface area (Å²) in [4.78, 5) is 0. The minimum absolute atomic E-state index is 0.361. The summed E-state index contributed by atoms with van der Waals surface area (Å²) in [5.74, 6) is 0.852. The van der Waals surface area contributed by atoms with E-state index in [1.807, 2.05) is 0 Å². The van der Waals surface area contributed by atoms with Crippen molar-refractivity contribution in [1.82, 2.24) is 10.6 Å². The predicted molar refractivity (Wildman–Crippen MR) is 78.1 cm³/mol. The molecular formula is C16H30N2O. The average molecular weight is 266 g/mol. The minimum Gasteiger partial charge on any atom is -0.396 e. The van der Waals surface area contributed by atoms with Gasteiger partial charge in [-0.25, -0.2) is 0 Å². The summed E-state index contributed by atoms with van der Waals surface area (Å²) in [5, 5.41) is 16.8. The van der Waals surface area contributed by atoms with Crippen molar-refractivity contribution in [3.05, 3.63) is 0 Å². The van der Waals surface area contributed by atoms with Crippen molar-refractivity contribution in [3.63, 3.8) is 0 Å². The van der Waals surface area contributed by atoms with Gasteiger partial charge in [0.1, 0.15) is 0 Å². The van der Waals surface area contributed by atoms with E-state index in [4.69, 9.17) is 5.11 Å². The largest absolute Gasteiger partial charge is 0.396 e. The Balaban J connectivity index is 1.49. The highest BCUT2D eigenvalue weighted by Crippen LogP contribution is 2.48. The van der Waals surface area contributed by atoms with Gasteiger partial charge in [-0.3, -0.25) is 0 Å². The maximum atomic E-state index is 9.15. The van der Waals surface area contributed by atoms with Crippen molar-refractivity contribution in [2.24, 2.45) is 11.3 Å². The molecule has 0 aromatic carbocycles. The van der Waals surface area contributed by atoms with Crippen molar-refractivity contribution < 1.29 is 5.11 Å². The Morgan fingerprint density at radius 2 is 2.00 bits per heavy atom. The molecule has 1 aliphatic heterocycles. The number of hydrogen-bond donors (Lipinski definition) is 3. The van der Waals surface area contributed by atoms with Crippen LogP contribution in [0.4, 0.5) is 0 Å². The van der Waals surface area contributed by atoms with Crippen LogP contribution in [0.1, 0.15) is 57.8 Å². The standard InChI is InChI=1S/C16H30N2O/c19-11-9-16(7-8-16)12-18-15-6-3-4-13(15)14-5-1-2-10-17-14/h13-15,17-19H,1-12H2. The summed E-state index contributed by atoms with van der Waals surface area (Å²) in [6, 6.07) is 1.49. The maximum absolute atomic E-state index is 9.15. The normalized spacial score (nSPS) is 37.4. The zero-order valence-corrected chi connectivity index (χ0v) is 12.2. The molecule has 3 atom stereocenters. The minimum atomic E-state index is 0.361. The summed E-state index contributed by atoms with van der Waals surface area (Å²) >= 11 is 0. The van der Waals surface area contributed by atoms with E-state index in [0.29, 0.717) is 12.0 Å². The first-order valence-electron chi connectivity index (χ1n) is 8.41. The molecule has 0 spiro atoms. The molecule has 1 heterocycles. The lowest BCUT2D eigenvalue weighted by Crippen LogP contribution is -2.47. The maximum Gasteiger partial charge on any atom is 0.0436 e. The van der Waals surface area contributed by atoms with Crippen molar-refractivity contribution in [2.45, 2.75) is 69.9 Å². The lowest BCUT2D eigenvalue weighted by atomic mass is 9.88. The molecule has 0 aromatic rings. The second-order valence-corrected chi connectivity index (χ2v) is 7.11. The van der Waals surface area contributed by atoms with Crippen LogP contribution < -0.4 is 10.6 Å². The molecule has 3 fully saturated rings. The van der Waals surface area contributed by atoms with Gasteiger partial charge in [0.2, 0.25) is 0 Å². The first-order valence-corrected chi connectivity index (χ1v) is 8.41. The van der Waals surface area contributed by atoms with Gasteiger partial charge in [-0.15, -0.1) is 0 Å². The SMILES string of the molecule is OCCC1(CNC2CCCC2C2CCCCN2)CC1. The van der Waals surface area contributed by atoms with Gasteiger partial charge in [0.15, 0.2) is 0 Å². The molecule has 3 aliphatic rings. The van der Waals surface area contributed by atoms with Gasteiger partial charge in [-0.2, -0.15) is 0 Å². The van der Waals surface area contributed by atoms with E-state index in [1.54, 1.807) is 0 Å². The predicted octanol–water partition coefficient (Wildman–Crippen LogP) is 2.05. The number of aliphatic hydroxyl groups is 1. The van der Waals surface area contributed by atoms with Crippen molar-refractivity contribution in [1.29, 1.82) is 0 Å². The van der Waals surface area contributed by atoms with Crippen molar-refractivity contribution in [3.8, 4) is 0 Å². The van der Waals surface area contributed by atoms with Crippen LogP contribution in [0, 0.1) is 11.3 Å². The zero-order valence-electron chi connectivity index (χ0n) is 12.2. The zero-order chi connectivity index (χ0) is 13.1. The molecule has 3 rings (SSSR count). The molecule has 110 valence electrons. The highest BCUT2D eigenvalue weighted by Gasteiger charge is 2.43. The lowest BCUT2D eigenvalue weighted by Gasteiger charge is -2.33. The Morgan fingerprint density at radius 3 is 2.68 bits per heavy atom. The molecule has 0 aromatic heterocycles. The van der Waals surface area contributed by atoms with Crippen LogP contribution in [0.2, 0.25) is 0 Å². The first kappa shape index (κ1) is 13.8.